The van der Waals surface area contributed by atoms with Crippen molar-refractivity contribution in [3.63, 3.8) is 0 Å². The van der Waals surface area contributed by atoms with Gasteiger partial charge < -0.3 is 5.32 Å². The van der Waals surface area contributed by atoms with Crippen molar-refractivity contribution in [3.8, 4) is 0 Å². The molecular weight excluding hydrogens is 356 g/mol. The molecule has 0 unspecified atom stereocenters. The Morgan fingerprint density at radius 3 is 2.33 bits per heavy atom. The summed E-state index contributed by atoms with van der Waals surface area (Å²) in [6.07, 6.45) is 7.74. The maximum absolute atomic E-state index is 12.7. The third kappa shape index (κ3) is 3.29. The number of sulfonamides is 1. The summed E-state index contributed by atoms with van der Waals surface area (Å²) in [5, 5.41) is 2.94. The maximum Gasteiger partial charge on any atom is 0.226 e. The smallest absolute Gasteiger partial charge is 0.226 e. The Hall–Kier alpha value is -0.140. The van der Waals surface area contributed by atoms with E-state index in [9.17, 15) is 13.2 Å². The van der Waals surface area contributed by atoms with E-state index in [1.54, 1.807) is 0 Å². The van der Waals surface area contributed by atoms with Crippen molar-refractivity contribution in [2.24, 2.45) is 17.3 Å². The molecule has 21 heavy (non-hydrogen) atoms. The molecule has 0 saturated heterocycles. The second-order valence-corrected chi connectivity index (χ2v) is 10.8. The molecule has 4 bridgehead atoms. The van der Waals surface area contributed by atoms with Crippen LogP contribution in [0, 0.1) is 17.3 Å². The van der Waals surface area contributed by atoms with Crippen LogP contribution >= 0.6 is 15.9 Å². The summed E-state index contributed by atoms with van der Waals surface area (Å²) in [6, 6.07) is 0. The van der Waals surface area contributed by atoms with Gasteiger partial charge in [0.05, 0.1) is 11.7 Å². The highest BCUT2D eigenvalue weighted by molar-refractivity contribution is 9.10. The minimum atomic E-state index is -3.19. The molecule has 4 aliphatic rings. The van der Waals surface area contributed by atoms with E-state index in [0.29, 0.717) is 18.4 Å². The molecule has 0 radical (unpaired) electrons. The third-order valence-electron chi connectivity index (χ3n) is 5.25. The first-order valence-corrected chi connectivity index (χ1v) is 10.3. The fourth-order valence-electron chi connectivity index (χ4n) is 5.02. The molecule has 4 fully saturated rings. The molecule has 1 amide bonds. The van der Waals surface area contributed by atoms with Gasteiger partial charge in [-0.2, -0.15) is 0 Å². The van der Waals surface area contributed by atoms with E-state index in [2.05, 4.69) is 26.0 Å². The molecule has 120 valence electrons. The summed E-state index contributed by atoms with van der Waals surface area (Å²) in [6.45, 7) is 0.616. The first-order chi connectivity index (χ1) is 9.70. The standard InChI is InChI=1S/C14H23BrN2O3S/c1-21(19,20)17-3-2-16-12(18)13-5-10-4-11(6-13)8-14(15,7-10)9-13/h10-11,17H,2-9H2,1H3,(H,16,18)/t10-,11-,13?,14?/m1/s1. The van der Waals surface area contributed by atoms with Gasteiger partial charge in [0.25, 0.3) is 0 Å². The number of rotatable bonds is 5. The number of hydrogen-bond donors (Lipinski definition) is 2. The summed E-state index contributed by atoms with van der Waals surface area (Å²) in [7, 11) is -3.19. The summed E-state index contributed by atoms with van der Waals surface area (Å²) >= 11 is 3.90. The van der Waals surface area contributed by atoms with Crippen molar-refractivity contribution < 1.29 is 13.2 Å². The Labute approximate surface area is 134 Å². The monoisotopic (exact) mass is 378 g/mol. The molecule has 0 heterocycles. The molecule has 2 atom stereocenters. The highest BCUT2D eigenvalue weighted by Crippen LogP contribution is 2.64. The van der Waals surface area contributed by atoms with Crippen LogP contribution in [-0.2, 0) is 14.8 Å². The largest absolute Gasteiger partial charge is 0.354 e. The Kier molecular flexibility index (Phi) is 3.90. The summed E-state index contributed by atoms with van der Waals surface area (Å²) < 4.78 is 24.6. The van der Waals surface area contributed by atoms with Crippen LogP contribution < -0.4 is 10.0 Å². The molecule has 0 aliphatic heterocycles. The Bertz CT molecular complexity index is 534. The molecule has 0 aromatic carbocycles. The zero-order valence-corrected chi connectivity index (χ0v) is 14.7. The first-order valence-electron chi connectivity index (χ1n) is 7.62. The van der Waals surface area contributed by atoms with Crippen molar-refractivity contribution in [3.05, 3.63) is 0 Å². The van der Waals surface area contributed by atoms with Crippen LogP contribution in [-0.4, -0.2) is 38.0 Å². The van der Waals surface area contributed by atoms with Gasteiger partial charge in [-0.3, -0.25) is 4.79 Å². The van der Waals surface area contributed by atoms with Crippen LogP contribution in [0.2, 0.25) is 0 Å². The normalized spacial score (nSPS) is 41.2. The number of hydrogen-bond acceptors (Lipinski definition) is 3. The van der Waals surface area contributed by atoms with E-state index in [-0.39, 0.29) is 22.2 Å². The third-order valence-corrected chi connectivity index (χ3v) is 6.90. The van der Waals surface area contributed by atoms with Gasteiger partial charge in [0, 0.05) is 17.4 Å². The van der Waals surface area contributed by atoms with Crippen molar-refractivity contribution in [2.45, 2.75) is 42.8 Å². The van der Waals surface area contributed by atoms with Gasteiger partial charge >= 0.3 is 0 Å². The number of halogens is 1. The minimum absolute atomic E-state index is 0.121. The van der Waals surface area contributed by atoms with Crippen LogP contribution in [0.4, 0.5) is 0 Å². The molecule has 0 aromatic rings. The van der Waals surface area contributed by atoms with E-state index >= 15 is 0 Å². The molecule has 0 aromatic heterocycles. The maximum atomic E-state index is 12.7. The van der Waals surface area contributed by atoms with E-state index in [1.807, 2.05) is 0 Å². The molecular formula is C14H23BrN2O3S. The SMILES string of the molecule is CS(=O)(=O)NCCNC(=O)C12C[C@H]3C[C@@H](CC(Br)(C3)C1)C2. The second-order valence-electron chi connectivity index (χ2n) is 7.31. The van der Waals surface area contributed by atoms with Crippen LogP contribution in [0.25, 0.3) is 0 Å². The first kappa shape index (κ1) is 15.7. The average molecular weight is 379 g/mol. The van der Waals surface area contributed by atoms with Crippen LogP contribution in [0.3, 0.4) is 0 Å². The molecule has 0 spiro atoms. The summed E-state index contributed by atoms with van der Waals surface area (Å²) in [4.78, 5) is 12.7. The number of carbonyl (C=O) groups is 1. The lowest BCUT2D eigenvalue weighted by Gasteiger charge is -2.59. The molecule has 2 N–H and O–H groups in total. The van der Waals surface area contributed by atoms with Crippen molar-refractivity contribution in [1.29, 1.82) is 0 Å². The van der Waals surface area contributed by atoms with Crippen molar-refractivity contribution >= 4 is 31.9 Å². The van der Waals surface area contributed by atoms with E-state index in [1.165, 1.54) is 19.3 Å². The fraction of sp³-hybridized carbons (Fsp3) is 0.929. The number of carbonyl (C=O) groups excluding carboxylic acids is 1. The van der Waals surface area contributed by atoms with E-state index < -0.39 is 10.0 Å². The van der Waals surface area contributed by atoms with Gasteiger partial charge in [-0.05, 0) is 50.4 Å². The van der Waals surface area contributed by atoms with E-state index in [0.717, 1.165) is 25.5 Å². The Balaban J connectivity index is 1.60. The summed E-state index contributed by atoms with van der Waals surface area (Å²) in [5.41, 5.74) is -0.224. The summed E-state index contributed by atoms with van der Waals surface area (Å²) in [5.74, 6) is 1.46. The van der Waals surface area contributed by atoms with Crippen LogP contribution in [0.1, 0.15) is 38.5 Å². The lowest BCUT2D eigenvalue weighted by molar-refractivity contribution is -0.143. The van der Waals surface area contributed by atoms with Gasteiger partial charge in [0.2, 0.25) is 15.9 Å². The van der Waals surface area contributed by atoms with Crippen LogP contribution in [0.15, 0.2) is 0 Å². The second kappa shape index (κ2) is 5.20. The number of nitrogens with one attached hydrogen (secondary N) is 2. The molecule has 7 heteroatoms. The topological polar surface area (TPSA) is 75.3 Å². The lowest BCUT2D eigenvalue weighted by atomic mass is 9.49. The molecule has 4 rings (SSSR count). The van der Waals surface area contributed by atoms with Gasteiger partial charge in [-0.25, -0.2) is 13.1 Å². The molecule has 5 nitrogen and oxygen atoms in total. The zero-order valence-electron chi connectivity index (χ0n) is 12.3. The van der Waals surface area contributed by atoms with Gasteiger partial charge in [0.1, 0.15) is 0 Å². The number of amides is 1. The Morgan fingerprint density at radius 2 is 1.81 bits per heavy atom. The van der Waals surface area contributed by atoms with Gasteiger partial charge in [0.15, 0.2) is 0 Å². The average Bonchev–Trinajstić information content (AvgIpc) is 2.30. The predicted octanol–water partition coefficient (Wildman–Crippen LogP) is 1.39. The van der Waals surface area contributed by atoms with Crippen molar-refractivity contribution in [1.82, 2.24) is 10.0 Å². The van der Waals surface area contributed by atoms with Gasteiger partial charge in [-0.15, -0.1) is 0 Å². The lowest BCUT2D eigenvalue weighted by Crippen LogP contribution is -2.58. The molecule has 4 aliphatic carbocycles. The molecule has 4 saturated carbocycles. The predicted molar refractivity (Wildman–Crippen MR) is 84.6 cm³/mol. The highest BCUT2D eigenvalue weighted by atomic mass is 79.9. The fourth-order valence-corrected chi connectivity index (χ4v) is 6.94. The quantitative estimate of drug-likeness (QED) is 0.560. The number of alkyl halides is 1. The van der Waals surface area contributed by atoms with Crippen molar-refractivity contribution in [2.75, 3.05) is 19.3 Å². The highest BCUT2D eigenvalue weighted by Gasteiger charge is 2.59. The zero-order chi connectivity index (χ0) is 15.3. The van der Waals surface area contributed by atoms with E-state index in [4.69, 9.17) is 0 Å². The van der Waals surface area contributed by atoms with Gasteiger partial charge in [-0.1, -0.05) is 15.9 Å². The Morgan fingerprint density at radius 1 is 1.19 bits per heavy atom. The minimum Gasteiger partial charge on any atom is -0.354 e. The van der Waals surface area contributed by atoms with Crippen LogP contribution in [0.5, 0.6) is 0 Å².